The van der Waals surface area contributed by atoms with Crippen LogP contribution >= 0.6 is 11.8 Å². The van der Waals surface area contributed by atoms with E-state index in [0.717, 1.165) is 4.90 Å². The van der Waals surface area contributed by atoms with Gasteiger partial charge < -0.3 is 4.74 Å². The molecule has 0 spiro atoms. The number of esters is 1. The second-order valence-electron chi connectivity index (χ2n) is 2.68. The van der Waals surface area contributed by atoms with Gasteiger partial charge in [-0.25, -0.2) is 0 Å². The minimum absolute atomic E-state index is 0.189. The van der Waals surface area contributed by atoms with Gasteiger partial charge in [-0.3, -0.25) is 4.79 Å². The van der Waals surface area contributed by atoms with Crippen molar-refractivity contribution < 1.29 is 9.53 Å². The fraction of sp³-hybridized carbons (Fsp3) is 0.417. The van der Waals surface area contributed by atoms with E-state index in [1.807, 2.05) is 45.0 Å². The van der Waals surface area contributed by atoms with Crippen LogP contribution in [0.4, 0.5) is 0 Å². The van der Waals surface area contributed by atoms with Crippen molar-refractivity contribution in [1.82, 2.24) is 0 Å². The lowest BCUT2D eigenvalue weighted by molar-refractivity contribution is -0.137. The zero-order valence-corrected chi connectivity index (χ0v) is 10.6. The van der Waals surface area contributed by atoms with Crippen molar-refractivity contribution in [2.24, 2.45) is 0 Å². The van der Waals surface area contributed by atoms with Gasteiger partial charge in [0, 0.05) is 4.90 Å². The van der Waals surface area contributed by atoms with Crippen LogP contribution in [0.15, 0.2) is 29.2 Å². The molecule has 0 radical (unpaired) electrons. The summed E-state index contributed by atoms with van der Waals surface area (Å²) < 4.78 is 4.54. The summed E-state index contributed by atoms with van der Waals surface area (Å²) in [5.41, 5.74) is 1.22. The topological polar surface area (TPSA) is 26.3 Å². The number of carbonyl (C=O) groups is 1. The van der Waals surface area contributed by atoms with Crippen LogP contribution < -0.4 is 0 Å². The molecule has 0 aliphatic carbocycles. The number of rotatable bonds is 3. The normalized spacial score (nSPS) is 8.80. The Balaban J connectivity index is 0.000000921. The van der Waals surface area contributed by atoms with Crippen molar-refractivity contribution in [3.8, 4) is 0 Å². The average Bonchev–Trinajstić information content (AvgIpc) is 2.30. The van der Waals surface area contributed by atoms with Gasteiger partial charge in [-0.2, -0.15) is 0 Å². The van der Waals surface area contributed by atoms with Gasteiger partial charge in [0.25, 0.3) is 0 Å². The summed E-state index contributed by atoms with van der Waals surface area (Å²) >= 11 is 1.49. The highest BCUT2D eigenvalue weighted by molar-refractivity contribution is 8.00. The molecule has 15 heavy (non-hydrogen) atoms. The molecule has 0 unspecified atom stereocenters. The zero-order valence-electron chi connectivity index (χ0n) is 9.74. The number of thioether (sulfide) groups is 1. The van der Waals surface area contributed by atoms with E-state index in [0.29, 0.717) is 5.75 Å². The maximum atomic E-state index is 10.8. The van der Waals surface area contributed by atoms with E-state index in [-0.39, 0.29) is 5.97 Å². The maximum Gasteiger partial charge on any atom is 0.315 e. The van der Waals surface area contributed by atoms with Crippen LogP contribution in [-0.4, -0.2) is 18.8 Å². The van der Waals surface area contributed by atoms with E-state index in [1.165, 1.54) is 24.4 Å². The van der Waals surface area contributed by atoms with Crippen LogP contribution in [0.5, 0.6) is 0 Å². The Morgan fingerprint density at radius 1 is 1.27 bits per heavy atom. The molecule has 0 fully saturated rings. The van der Waals surface area contributed by atoms with Crippen molar-refractivity contribution >= 4 is 17.7 Å². The SMILES string of the molecule is CC.COC(=O)CSc1ccc(C)cc1. The van der Waals surface area contributed by atoms with E-state index in [2.05, 4.69) is 4.74 Å². The minimum atomic E-state index is -0.189. The van der Waals surface area contributed by atoms with Crippen LogP contribution in [0.25, 0.3) is 0 Å². The Labute approximate surface area is 96.0 Å². The second kappa shape index (κ2) is 8.36. The Morgan fingerprint density at radius 3 is 2.27 bits per heavy atom. The summed E-state index contributed by atoms with van der Waals surface area (Å²) in [6.45, 7) is 6.04. The Kier molecular flexibility index (Phi) is 7.82. The molecular formula is C12H18O2S. The molecule has 0 heterocycles. The first-order valence-electron chi connectivity index (χ1n) is 4.98. The van der Waals surface area contributed by atoms with Gasteiger partial charge in [-0.15, -0.1) is 11.8 Å². The lowest BCUT2D eigenvalue weighted by Crippen LogP contribution is -2.02. The van der Waals surface area contributed by atoms with E-state index in [4.69, 9.17) is 0 Å². The molecule has 0 saturated heterocycles. The van der Waals surface area contributed by atoms with Gasteiger partial charge in [0.2, 0.25) is 0 Å². The van der Waals surface area contributed by atoms with Crippen molar-refractivity contribution in [3.63, 3.8) is 0 Å². The van der Waals surface area contributed by atoms with Gasteiger partial charge in [0.1, 0.15) is 0 Å². The molecule has 0 aromatic heterocycles. The number of carbonyl (C=O) groups excluding carboxylic acids is 1. The third-order valence-electron chi connectivity index (χ3n) is 1.61. The first-order chi connectivity index (χ1) is 7.22. The zero-order chi connectivity index (χ0) is 11.7. The van der Waals surface area contributed by atoms with Crippen LogP contribution in [0, 0.1) is 6.92 Å². The molecule has 1 aromatic carbocycles. The number of ether oxygens (including phenoxy) is 1. The summed E-state index contributed by atoms with van der Waals surface area (Å²) in [5.74, 6) is 0.185. The van der Waals surface area contributed by atoms with Crippen LogP contribution in [0.2, 0.25) is 0 Å². The summed E-state index contributed by atoms with van der Waals surface area (Å²) in [6.07, 6.45) is 0. The van der Waals surface area contributed by atoms with E-state index >= 15 is 0 Å². The molecule has 2 nitrogen and oxygen atoms in total. The first-order valence-corrected chi connectivity index (χ1v) is 5.97. The van der Waals surface area contributed by atoms with E-state index in [9.17, 15) is 4.79 Å². The largest absolute Gasteiger partial charge is 0.468 e. The third kappa shape index (κ3) is 6.18. The minimum Gasteiger partial charge on any atom is -0.468 e. The molecule has 0 aliphatic heterocycles. The van der Waals surface area contributed by atoms with Gasteiger partial charge >= 0.3 is 5.97 Å². The van der Waals surface area contributed by atoms with E-state index < -0.39 is 0 Å². The van der Waals surface area contributed by atoms with Crippen LogP contribution in [0.1, 0.15) is 19.4 Å². The fourth-order valence-corrected chi connectivity index (χ4v) is 1.57. The number of aryl methyl sites for hydroxylation is 1. The van der Waals surface area contributed by atoms with Crippen molar-refractivity contribution in [2.45, 2.75) is 25.7 Å². The fourth-order valence-electron chi connectivity index (χ4n) is 0.836. The number of hydrogen-bond donors (Lipinski definition) is 0. The quantitative estimate of drug-likeness (QED) is 0.584. The van der Waals surface area contributed by atoms with Gasteiger partial charge in [0.15, 0.2) is 0 Å². The second-order valence-corrected chi connectivity index (χ2v) is 3.73. The summed E-state index contributed by atoms with van der Waals surface area (Å²) in [5, 5.41) is 0. The van der Waals surface area contributed by atoms with Crippen molar-refractivity contribution in [3.05, 3.63) is 29.8 Å². The molecule has 1 rings (SSSR count). The third-order valence-corrected chi connectivity index (χ3v) is 2.59. The van der Waals surface area contributed by atoms with Gasteiger partial charge in [0.05, 0.1) is 12.9 Å². The highest BCUT2D eigenvalue weighted by Crippen LogP contribution is 2.17. The predicted molar refractivity (Wildman–Crippen MR) is 65.3 cm³/mol. The number of methoxy groups -OCH3 is 1. The molecule has 0 aliphatic rings. The average molecular weight is 226 g/mol. The Bertz CT molecular complexity index is 280. The molecule has 0 N–H and O–H groups in total. The molecule has 0 atom stereocenters. The predicted octanol–water partition coefficient (Wildman–Crippen LogP) is 3.29. The van der Waals surface area contributed by atoms with Crippen molar-refractivity contribution in [2.75, 3.05) is 12.9 Å². The van der Waals surface area contributed by atoms with Crippen LogP contribution in [0.3, 0.4) is 0 Å². The number of hydrogen-bond acceptors (Lipinski definition) is 3. The summed E-state index contributed by atoms with van der Waals surface area (Å²) in [6, 6.07) is 8.06. The molecule has 0 amide bonds. The highest BCUT2D eigenvalue weighted by atomic mass is 32.2. The Morgan fingerprint density at radius 2 is 1.80 bits per heavy atom. The molecule has 0 saturated carbocycles. The smallest absolute Gasteiger partial charge is 0.315 e. The first kappa shape index (κ1) is 14.0. The van der Waals surface area contributed by atoms with Crippen LogP contribution in [-0.2, 0) is 9.53 Å². The Hall–Kier alpha value is -0.960. The van der Waals surface area contributed by atoms with Gasteiger partial charge in [-0.1, -0.05) is 31.5 Å². The molecule has 84 valence electrons. The highest BCUT2D eigenvalue weighted by Gasteiger charge is 2.00. The molecule has 3 heteroatoms. The monoisotopic (exact) mass is 226 g/mol. The number of benzene rings is 1. The molecule has 1 aromatic rings. The maximum absolute atomic E-state index is 10.8. The van der Waals surface area contributed by atoms with E-state index in [1.54, 1.807) is 0 Å². The standard InChI is InChI=1S/C10H12O2S.C2H6/c1-8-3-5-9(6-4-8)13-7-10(11)12-2;1-2/h3-6H,7H2,1-2H3;1-2H3. The molecular weight excluding hydrogens is 208 g/mol. The lowest BCUT2D eigenvalue weighted by atomic mass is 10.2. The molecule has 0 bridgehead atoms. The lowest BCUT2D eigenvalue weighted by Gasteiger charge is -2.00. The summed E-state index contributed by atoms with van der Waals surface area (Å²) in [7, 11) is 1.40. The summed E-state index contributed by atoms with van der Waals surface area (Å²) in [4.78, 5) is 11.9. The van der Waals surface area contributed by atoms with Gasteiger partial charge in [-0.05, 0) is 19.1 Å². The van der Waals surface area contributed by atoms with Crippen molar-refractivity contribution in [1.29, 1.82) is 0 Å².